The molecule has 0 N–H and O–H groups in total. The molecule has 50 valence electrons. The van der Waals surface area contributed by atoms with Crippen LogP contribution in [-0.4, -0.2) is 19.7 Å². The Morgan fingerprint density at radius 3 is 1.89 bits per heavy atom. The molecule has 0 aromatic rings. The molecule has 0 saturated carbocycles. The van der Waals surface area contributed by atoms with E-state index in [9.17, 15) is 5.11 Å². The van der Waals surface area contributed by atoms with Crippen molar-refractivity contribution < 1.29 is 33.4 Å². The number of methoxy groups -OCH3 is 1. The molecule has 0 aromatic carbocycles. The molecule has 0 rings (SSSR count). The van der Waals surface area contributed by atoms with Gasteiger partial charge in [0.2, 0.25) is 0 Å². The molecule has 0 aliphatic heterocycles. The largest absolute Gasteiger partial charge is 1.00 e. The maximum Gasteiger partial charge on any atom is 1.00 e. The van der Waals surface area contributed by atoms with E-state index in [-0.39, 0.29) is 25.2 Å². The third-order valence-electron chi connectivity index (χ3n) is 0.715. The van der Waals surface area contributed by atoms with Crippen molar-refractivity contribution in [2.75, 3.05) is 7.11 Å². The normalized spacial score (nSPS) is 16.0. The molecule has 0 aromatic heterocycles. The minimum atomic E-state index is -0.995. The van der Waals surface area contributed by atoms with Crippen LogP contribution in [-0.2, 0) is 9.47 Å². The fourth-order valence-electron chi connectivity index (χ4n) is 0.325. The predicted octanol–water partition coefficient (Wildman–Crippen LogP) is -3.29. The first-order valence-corrected chi connectivity index (χ1v) is 2.51. The van der Waals surface area contributed by atoms with Crippen LogP contribution in [0, 0.1) is 0 Å². The van der Waals surface area contributed by atoms with Gasteiger partial charge in [-0.2, -0.15) is 0 Å². The van der Waals surface area contributed by atoms with Crippen molar-refractivity contribution in [1.29, 1.82) is 0 Å². The molecule has 0 bridgehead atoms. The number of rotatable bonds is 3. The predicted molar refractivity (Wildman–Crippen MR) is 27.0 cm³/mol. The first-order chi connectivity index (χ1) is 3.66. The van der Waals surface area contributed by atoms with Crippen molar-refractivity contribution in [3.8, 4) is 0 Å². The van der Waals surface area contributed by atoms with Crippen LogP contribution in [0.3, 0.4) is 0 Å². The summed E-state index contributed by atoms with van der Waals surface area (Å²) in [5, 5.41) is 10.2. The van der Waals surface area contributed by atoms with Gasteiger partial charge in [0.15, 0.2) is 6.29 Å². The first kappa shape index (κ1) is 12.2. The molecule has 0 aliphatic rings. The topological polar surface area (TPSA) is 41.5 Å². The Kier molecular flexibility index (Phi) is 8.93. The molecule has 0 spiro atoms. The Labute approximate surface area is 67.5 Å². The molecule has 0 fully saturated rings. The van der Waals surface area contributed by atoms with Gasteiger partial charge in [-0.15, -0.1) is 0 Å². The van der Waals surface area contributed by atoms with E-state index >= 15 is 0 Å². The molecule has 0 radical (unpaired) electrons. The summed E-state index contributed by atoms with van der Waals surface area (Å²) < 4.78 is 9.26. The van der Waals surface area contributed by atoms with Crippen molar-refractivity contribution in [2.45, 2.75) is 26.4 Å². The van der Waals surface area contributed by atoms with E-state index in [1.165, 1.54) is 14.0 Å². The van der Waals surface area contributed by atoms with Gasteiger partial charge in [0, 0.05) is 7.11 Å². The zero-order valence-corrected chi connectivity index (χ0v) is 6.38. The summed E-state index contributed by atoms with van der Waals surface area (Å²) in [4.78, 5) is 0. The summed E-state index contributed by atoms with van der Waals surface area (Å²) in [6.07, 6.45) is -1.38. The van der Waals surface area contributed by atoms with Crippen molar-refractivity contribution in [3.05, 3.63) is 0 Å². The van der Waals surface area contributed by atoms with E-state index < -0.39 is 6.29 Å². The van der Waals surface area contributed by atoms with Crippen LogP contribution in [0.5, 0.6) is 0 Å². The van der Waals surface area contributed by atoms with E-state index in [1.807, 2.05) is 0 Å². The monoisotopic (exact) mass is 126 g/mol. The summed E-state index contributed by atoms with van der Waals surface area (Å²) in [7, 11) is 1.49. The van der Waals surface area contributed by atoms with Gasteiger partial charge in [-0.25, -0.2) is 0 Å². The van der Waals surface area contributed by atoms with E-state index in [4.69, 9.17) is 0 Å². The summed E-state index contributed by atoms with van der Waals surface area (Å²) in [5.74, 6) is 0. The Morgan fingerprint density at radius 1 is 1.33 bits per heavy atom. The van der Waals surface area contributed by atoms with Crippen LogP contribution in [0.2, 0.25) is 0 Å². The fourth-order valence-corrected chi connectivity index (χ4v) is 0.325. The second kappa shape index (κ2) is 6.60. The second-order valence-corrected chi connectivity index (χ2v) is 1.51. The summed E-state index contributed by atoms with van der Waals surface area (Å²) in [5.41, 5.74) is 0. The number of hydrogen-bond acceptors (Lipinski definition) is 3. The van der Waals surface area contributed by atoms with Gasteiger partial charge in [-0.05, 0) is 13.2 Å². The second-order valence-electron chi connectivity index (χ2n) is 1.51. The molecular formula is C5H11LiO3. The quantitative estimate of drug-likeness (QED) is 0.294. The van der Waals surface area contributed by atoms with Crippen molar-refractivity contribution in [3.63, 3.8) is 0 Å². The molecule has 0 amide bonds. The van der Waals surface area contributed by atoms with Gasteiger partial charge in [0.25, 0.3) is 0 Å². The van der Waals surface area contributed by atoms with Crippen molar-refractivity contribution >= 4 is 0 Å². The van der Waals surface area contributed by atoms with E-state index in [1.54, 1.807) is 6.92 Å². The van der Waals surface area contributed by atoms with Crippen LogP contribution in [0.4, 0.5) is 0 Å². The molecule has 2 atom stereocenters. The number of ether oxygens (including phenoxy) is 2. The maximum atomic E-state index is 10.2. The fraction of sp³-hybridized carbons (Fsp3) is 1.00. The molecule has 3 nitrogen and oxygen atoms in total. The Balaban J connectivity index is 0. The van der Waals surface area contributed by atoms with Crippen molar-refractivity contribution in [1.82, 2.24) is 0 Å². The van der Waals surface area contributed by atoms with Crippen LogP contribution in [0.25, 0.3) is 0 Å². The van der Waals surface area contributed by atoms with Gasteiger partial charge in [-0.3, -0.25) is 0 Å². The molecular weight excluding hydrogens is 115 g/mol. The minimum Gasteiger partial charge on any atom is -0.831 e. The SMILES string of the molecule is COC(C)OC(C)[O-].[Li+]. The van der Waals surface area contributed by atoms with Gasteiger partial charge >= 0.3 is 18.9 Å². The minimum absolute atomic E-state index is 0. The third-order valence-corrected chi connectivity index (χ3v) is 0.715. The van der Waals surface area contributed by atoms with Crippen LogP contribution in [0.15, 0.2) is 0 Å². The summed E-state index contributed by atoms with van der Waals surface area (Å²) >= 11 is 0. The van der Waals surface area contributed by atoms with E-state index in [2.05, 4.69) is 9.47 Å². The molecule has 0 aliphatic carbocycles. The average Bonchev–Trinajstić information content (AvgIpc) is 1.65. The zero-order valence-electron chi connectivity index (χ0n) is 6.38. The van der Waals surface area contributed by atoms with Gasteiger partial charge < -0.3 is 14.6 Å². The molecule has 2 unspecified atom stereocenters. The van der Waals surface area contributed by atoms with E-state index in [0.717, 1.165) is 0 Å². The van der Waals surface area contributed by atoms with Gasteiger partial charge in [0.1, 0.15) is 0 Å². The van der Waals surface area contributed by atoms with Gasteiger partial charge in [-0.1, -0.05) is 6.92 Å². The van der Waals surface area contributed by atoms with Gasteiger partial charge in [0.05, 0.1) is 0 Å². The third kappa shape index (κ3) is 8.48. The molecule has 9 heavy (non-hydrogen) atoms. The standard InChI is InChI=1S/C5H11O3.Li/c1-4(6)8-5(2)7-3;/h4-5H,1-3H3;/q-1;+1. The van der Waals surface area contributed by atoms with Crippen LogP contribution >= 0.6 is 0 Å². The smallest absolute Gasteiger partial charge is 0.831 e. The zero-order chi connectivity index (χ0) is 6.57. The summed E-state index contributed by atoms with van der Waals surface area (Å²) in [6, 6.07) is 0. The molecule has 0 saturated heterocycles. The summed E-state index contributed by atoms with van der Waals surface area (Å²) in [6.45, 7) is 3.10. The number of hydrogen-bond donors (Lipinski definition) is 0. The van der Waals surface area contributed by atoms with Crippen LogP contribution < -0.4 is 24.0 Å². The Bertz CT molecular complexity index is 58.2. The molecule has 0 heterocycles. The maximum absolute atomic E-state index is 10.2. The Hall–Kier alpha value is 0.477. The van der Waals surface area contributed by atoms with Crippen molar-refractivity contribution in [2.24, 2.45) is 0 Å². The van der Waals surface area contributed by atoms with E-state index in [0.29, 0.717) is 0 Å². The average molecular weight is 126 g/mol. The Morgan fingerprint density at radius 2 is 1.78 bits per heavy atom. The first-order valence-electron chi connectivity index (χ1n) is 2.51. The van der Waals surface area contributed by atoms with Crippen LogP contribution in [0.1, 0.15) is 13.8 Å². The molecule has 4 heteroatoms.